The average molecular weight is 360 g/mol. The Morgan fingerprint density at radius 1 is 1.25 bits per heavy atom. The molecule has 0 aliphatic heterocycles. The van der Waals surface area contributed by atoms with Gasteiger partial charge in [-0.1, -0.05) is 12.1 Å². The van der Waals surface area contributed by atoms with Gasteiger partial charge in [-0.05, 0) is 41.9 Å². The topological polar surface area (TPSA) is 79.5 Å². The van der Waals surface area contributed by atoms with E-state index in [-0.39, 0.29) is 16.2 Å². The summed E-state index contributed by atoms with van der Waals surface area (Å²) in [7, 11) is -3.82. The van der Waals surface area contributed by atoms with E-state index < -0.39 is 16.6 Å². The van der Waals surface area contributed by atoms with Crippen LogP contribution in [0.5, 0.6) is 0 Å². The first kappa shape index (κ1) is 15.1. The van der Waals surface area contributed by atoms with Crippen LogP contribution >= 0.6 is 15.9 Å². The Bertz CT molecular complexity index is 737. The van der Waals surface area contributed by atoms with Crippen molar-refractivity contribution in [3.63, 3.8) is 0 Å². The molecule has 0 saturated heterocycles. The quantitative estimate of drug-likeness (QED) is 0.879. The molecule has 0 atom stereocenters. The highest BCUT2D eigenvalue weighted by atomic mass is 79.9. The van der Waals surface area contributed by atoms with Gasteiger partial charge in [0, 0.05) is 10.0 Å². The van der Waals surface area contributed by atoms with E-state index in [0.717, 1.165) is 0 Å². The van der Waals surface area contributed by atoms with Crippen molar-refractivity contribution in [1.29, 1.82) is 0 Å². The molecule has 0 fully saturated rings. The minimum Gasteiger partial charge on any atom is -0.465 e. The average Bonchev–Trinajstić information content (AvgIpc) is 2.67. The molecule has 0 radical (unpaired) electrons. The van der Waals surface area contributed by atoms with Crippen LogP contribution < -0.4 is 4.72 Å². The fourth-order valence-corrected chi connectivity index (χ4v) is 4.02. The molecule has 2 aromatic rings. The number of para-hydroxylation sites is 1. The maximum absolute atomic E-state index is 12.5. The van der Waals surface area contributed by atoms with Crippen LogP contribution in [0.4, 0.5) is 5.69 Å². The second kappa shape index (κ2) is 5.59. The van der Waals surface area contributed by atoms with Gasteiger partial charge < -0.3 is 9.52 Å². The molecule has 0 aliphatic rings. The highest BCUT2D eigenvalue weighted by Crippen LogP contribution is 2.30. The third-order valence-electron chi connectivity index (χ3n) is 2.87. The molecule has 20 heavy (non-hydrogen) atoms. The molecule has 0 saturated carbocycles. The van der Waals surface area contributed by atoms with Gasteiger partial charge in [0.1, 0.15) is 16.4 Å². The molecule has 1 heterocycles. The van der Waals surface area contributed by atoms with Gasteiger partial charge in [0.05, 0.1) is 12.3 Å². The molecule has 7 heteroatoms. The maximum Gasteiger partial charge on any atom is 0.265 e. The third-order valence-corrected chi connectivity index (χ3v) is 5.12. The van der Waals surface area contributed by atoms with Crippen molar-refractivity contribution in [2.75, 3.05) is 4.72 Å². The predicted octanol–water partition coefficient (Wildman–Crippen LogP) is 2.95. The van der Waals surface area contributed by atoms with Gasteiger partial charge in [0.25, 0.3) is 10.0 Å². The number of hydrogen-bond donors (Lipinski definition) is 2. The van der Waals surface area contributed by atoms with E-state index in [1.807, 2.05) is 0 Å². The molecular weight excluding hydrogens is 346 g/mol. The largest absolute Gasteiger partial charge is 0.465 e. The van der Waals surface area contributed by atoms with Gasteiger partial charge >= 0.3 is 0 Å². The first-order valence-corrected chi connectivity index (χ1v) is 8.11. The first-order chi connectivity index (χ1) is 9.36. The lowest BCUT2D eigenvalue weighted by Gasteiger charge is -2.10. The molecule has 0 aliphatic carbocycles. The summed E-state index contributed by atoms with van der Waals surface area (Å²) in [4.78, 5) is -0.00625. The minimum atomic E-state index is -3.82. The monoisotopic (exact) mass is 359 g/mol. The van der Waals surface area contributed by atoms with E-state index in [0.29, 0.717) is 15.9 Å². The van der Waals surface area contributed by atoms with Crippen molar-refractivity contribution in [1.82, 2.24) is 0 Å². The zero-order valence-corrected chi connectivity index (χ0v) is 13.4. The molecule has 0 amide bonds. The minimum absolute atomic E-state index is 0.00625. The van der Waals surface area contributed by atoms with Crippen molar-refractivity contribution in [2.24, 2.45) is 0 Å². The van der Waals surface area contributed by atoms with Gasteiger partial charge in [0.15, 0.2) is 0 Å². The number of hydrogen-bond acceptors (Lipinski definition) is 4. The standard InChI is InChI=1S/C13H14BrNO4S/c1-8-10(7-16)13(9(2)19-8)20(17,18)15-12-6-4-3-5-11(12)14/h3-6,15-16H,7H2,1-2H3. The number of aryl methyl sites for hydroxylation is 2. The van der Waals surface area contributed by atoms with E-state index in [2.05, 4.69) is 20.7 Å². The molecule has 2 N–H and O–H groups in total. The number of rotatable bonds is 4. The van der Waals surface area contributed by atoms with E-state index in [1.165, 1.54) is 0 Å². The fraction of sp³-hybridized carbons (Fsp3) is 0.231. The summed E-state index contributed by atoms with van der Waals surface area (Å²) < 4.78 is 33.3. The SMILES string of the molecule is Cc1oc(C)c(S(=O)(=O)Nc2ccccc2Br)c1CO. The number of nitrogens with one attached hydrogen (secondary N) is 1. The van der Waals surface area contributed by atoms with Gasteiger partial charge in [-0.3, -0.25) is 4.72 Å². The molecule has 2 rings (SSSR count). The molecule has 1 aromatic heterocycles. The Kier molecular flexibility index (Phi) is 4.22. The fourth-order valence-electron chi connectivity index (χ4n) is 1.98. The van der Waals surface area contributed by atoms with E-state index >= 15 is 0 Å². The van der Waals surface area contributed by atoms with E-state index in [1.54, 1.807) is 38.1 Å². The summed E-state index contributed by atoms with van der Waals surface area (Å²) in [5, 5.41) is 9.34. The van der Waals surface area contributed by atoms with Crippen molar-refractivity contribution >= 4 is 31.6 Å². The van der Waals surface area contributed by atoms with E-state index in [4.69, 9.17) is 4.42 Å². The smallest absolute Gasteiger partial charge is 0.265 e. The van der Waals surface area contributed by atoms with Crippen molar-refractivity contribution < 1.29 is 17.9 Å². The molecular formula is C13H14BrNO4S. The lowest BCUT2D eigenvalue weighted by atomic mass is 10.2. The van der Waals surface area contributed by atoms with Crippen LogP contribution in [-0.4, -0.2) is 13.5 Å². The number of aliphatic hydroxyl groups excluding tert-OH is 1. The zero-order chi connectivity index (χ0) is 14.9. The third kappa shape index (κ3) is 2.74. The van der Waals surface area contributed by atoms with Crippen LogP contribution in [0.15, 0.2) is 38.1 Å². The summed E-state index contributed by atoms with van der Waals surface area (Å²) in [6.45, 7) is 2.78. The van der Waals surface area contributed by atoms with Gasteiger partial charge in [-0.2, -0.15) is 0 Å². The summed E-state index contributed by atoms with van der Waals surface area (Å²) in [5.41, 5.74) is 0.705. The molecule has 0 spiro atoms. The van der Waals surface area contributed by atoms with Gasteiger partial charge in [-0.25, -0.2) is 8.42 Å². The summed E-state index contributed by atoms with van der Waals surface area (Å²) in [6, 6.07) is 6.89. The van der Waals surface area contributed by atoms with Crippen LogP contribution in [0.1, 0.15) is 17.1 Å². The van der Waals surface area contributed by atoms with Crippen molar-refractivity contribution in [3.05, 3.63) is 45.8 Å². The number of furan rings is 1. The second-order valence-electron chi connectivity index (χ2n) is 4.27. The highest BCUT2D eigenvalue weighted by Gasteiger charge is 2.27. The van der Waals surface area contributed by atoms with Crippen LogP contribution in [0, 0.1) is 13.8 Å². The second-order valence-corrected chi connectivity index (χ2v) is 6.74. The number of sulfonamides is 1. The normalized spacial score (nSPS) is 11.6. The maximum atomic E-state index is 12.5. The summed E-state index contributed by atoms with van der Waals surface area (Å²) in [6.07, 6.45) is 0. The summed E-state index contributed by atoms with van der Waals surface area (Å²) in [5.74, 6) is 0.656. The Morgan fingerprint density at radius 2 is 1.90 bits per heavy atom. The molecule has 0 unspecified atom stereocenters. The summed E-state index contributed by atoms with van der Waals surface area (Å²) >= 11 is 3.28. The molecule has 5 nitrogen and oxygen atoms in total. The zero-order valence-electron chi connectivity index (χ0n) is 11.0. The lowest BCUT2D eigenvalue weighted by molar-refractivity contribution is 0.276. The van der Waals surface area contributed by atoms with Crippen LogP contribution in [0.2, 0.25) is 0 Å². The van der Waals surface area contributed by atoms with Crippen molar-refractivity contribution in [3.8, 4) is 0 Å². The number of benzene rings is 1. The van der Waals surface area contributed by atoms with Crippen LogP contribution in [0.25, 0.3) is 0 Å². The van der Waals surface area contributed by atoms with Crippen LogP contribution in [-0.2, 0) is 16.6 Å². The van der Waals surface area contributed by atoms with Gasteiger partial charge in [0.2, 0.25) is 0 Å². The molecule has 108 valence electrons. The first-order valence-electron chi connectivity index (χ1n) is 5.84. The number of aliphatic hydroxyl groups is 1. The van der Waals surface area contributed by atoms with Crippen LogP contribution in [0.3, 0.4) is 0 Å². The lowest BCUT2D eigenvalue weighted by Crippen LogP contribution is -2.15. The van der Waals surface area contributed by atoms with Gasteiger partial charge in [-0.15, -0.1) is 0 Å². The Hall–Kier alpha value is -1.31. The highest BCUT2D eigenvalue weighted by molar-refractivity contribution is 9.10. The van der Waals surface area contributed by atoms with Crippen molar-refractivity contribution in [2.45, 2.75) is 25.3 Å². The predicted molar refractivity (Wildman–Crippen MR) is 79.1 cm³/mol. The van der Waals surface area contributed by atoms with E-state index in [9.17, 15) is 13.5 Å². The Balaban J connectivity index is 2.49. The Morgan fingerprint density at radius 3 is 2.50 bits per heavy atom. The number of anilines is 1. The Labute approximate surface area is 125 Å². The molecule has 0 bridgehead atoms. The molecule has 1 aromatic carbocycles. The number of halogens is 1.